The summed E-state index contributed by atoms with van der Waals surface area (Å²) in [5.74, 6) is 0.866. The van der Waals surface area contributed by atoms with Gasteiger partial charge in [0.25, 0.3) is 0 Å². The summed E-state index contributed by atoms with van der Waals surface area (Å²) in [6.45, 7) is 6.40. The van der Waals surface area contributed by atoms with Crippen LogP contribution in [0.25, 0.3) is 22.6 Å². The number of ether oxygens (including phenoxy) is 1. The van der Waals surface area contributed by atoms with Gasteiger partial charge in [-0.2, -0.15) is 0 Å². The molecule has 4 heterocycles. The van der Waals surface area contributed by atoms with Gasteiger partial charge in [0.2, 0.25) is 0 Å². The summed E-state index contributed by atoms with van der Waals surface area (Å²) < 4.78 is 12.7. The number of aryl methyl sites for hydroxylation is 1. The van der Waals surface area contributed by atoms with Crippen LogP contribution in [0.2, 0.25) is 0 Å². The van der Waals surface area contributed by atoms with E-state index >= 15 is 0 Å². The molecule has 5 rings (SSSR count). The minimum Gasteiger partial charge on any atom is -0.490 e. The molecule has 8 heteroatoms. The van der Waals surface area contributed by atoms with Crippen molar-refractivity contribution in [1.82, 2.24) is 24.4 Å². The summed E-state index contributed by atoms with van der Waals surface area (Å²) in [4.78, 5) is 28.2. The quantitative estimate of drug-likeness (QED) is 0.383. The van der Waals surface area contributed by atoms with Crippen LogP contribution in [-0.4, -0.2) is 50.7 Å². The van der Waals surface area contributed by atoms with Crippen LogP contribution in [0.5, 0.6) is 5.75 Å². The highest BCUT2D eigenvalue weighted by molar-refractivity contribution is 5.68. The Hall–Kier alpha value is -3.52. The minimum atomic E-state index is -0.420. The maximum Gasteiger partial charge on any atom is 0.421 e. The van der Waals surface area contributed by atoms with Gasteiger partial charge in [0, 0.05) is 17.8 Å². The summed E-state index contributed by atoms with van der Waals surface area (Å²) in [7, 11) is 0. The van der Waals surface area contributed by atoms with Crippen LogP contribution in [-0.2, 0) is 6.54 Å². The van der Waals surface area contributed by atoms with Crippen LogP contribution >= 0.6 is 0 Å². The first-order chi connectivity index (χ1) is 16.2. The second kappa shape index (κ2) is 9.54. The zero-order valence-electron chi connectivity index (χ0n) is 18.7. The molecule has 8 nitrogen and oxygen atoms in total. The van der Waals surface area contributed by atoms with Gasteiger partial charge in [-0.25, -0.2) is 19.7 Å². The van der Waals surface area contributed by atoms with Gasteiger partial charge in [0.15, 0.2) is 22.8 Å². The molecule has 33 heavy (non-hydrogen) atoms. The van der Waals surface area contributed by atoms with Gasteiger partial charge in [-0.3, -0.25) is 4.57 Å². The molecule has 1 fully saturated rings. The van der Waals surface area contributed by atoms with Gasteiger partial charge >= 0.3 is 5.76 Å². The largest absolute Gasteiger partial charge is 0.490 e. The Morgan fingerprint density at radius 1 is 1.09 bits per heavy atom. The molecule has 0 radical (unpaired) electrons. The first kappa shape index (κ1) is 21.3. The fourth-order valence-corrected chi connectivity index (χ4v) is 4.19. The number of hydrogen-bond donors (Lipinski definition) is 0. The fourth-order valence-electron chi connectivity index (χ4n) is 4.19. The van der Waals surface area contributed by atoms with Crippen LogP contribution in [0.3, 0.4) is 0 Å². The number of aromatic nitrogens is 4. The van der Waals surface area contributed by atoms with E-state index in [1.54, 1.807) is 23.0 Å². The maximum absolute atomic E-state index is 12.3. The zero-order chi connectivity index (χ0) is 22.6. The van der Waals surface area contributed by atoms with E-state index in [-0.39, 0.29) is 0 Å². The molecule has 4 aromatic rings. The van der Waals surface area contributed by atoms with Crippen LogP contribution in [0.15, 0.2) is 58.0 Å². The molecule has 0 atom stereocenters. The van der Waals surface area contributed by atoms with Crippen molar-refractivity contribution in [2.45, 2.75) is 32.7 Å². The molecule has 0 saturated carbocycles. The third-order valence-electron chi connectivity index (χ3n) is 5.89. The summed E-state index contributed by atoms with van der Waals surface area (Å²) >= 11 is 0. The summed E-state index contributed by atoms with van der Waals surface area (Å²) in [5, 5.41) is 0. The van der Waals surface area contributed by atoms with Gasteiger partial charge in [0.05, 0.1) is 25.5 Å². The highest BCUT2D eigenvalue weighted by atomic mass is 16.5. The van der Waals surface area contributed by atoms with E-state index in [1.165, 1.54) is 25.9 Å². The monoisotopic (exact) mass is 445 g/mol. The van der Waals surface area contributed by atoms with Crippen LogP contribution in [0.1, 0.15) is 30.5 Å². The fraction of sp³-hybridized carbons (Fsp3) is 0.360. The van der Waals surface area contributed by atoms with Crippen LogP contribution < -0.4 is 10.5 Å². The van der Waals surface area contributed by atoms with E-state index in [2.05, 4.69) is 19.9 Å². The first-order valence-corrected chi connectivity index (χ1v) is 11.4. The van der Waals surface area contributed by atoms with Gasteiger partial charge in [0.1, 0.15) is 0 Å². The number of nitrogens with zero attached hydrogens (tertiary/aromatic N) is 5. The highest BCUT2D eigenvalue weighted by Crippen LogP contribution is 2.20. The molecule has 1 aliphatic rings. The number of benzene rings is 1. The molecule has 170 valence electrons. The van der Waals surface area contributed by atoms with Gasteiger partial charge in [-0.1, -0.05) is 18.2 Å². The standard InChI is InChI=1S/C25H27N5O3/c1-18-8-9-22-24(28-18)30(25(31)33-22)17-19-6-4-7-20(14-19)23-26-15-21(16-27-23)32-13-5-12-29-10-2-3-11-29/h4,6-9,14-16H,2-3,5,10-13,17H2,1H3. The van der Waals surface area contributed by atoms with E-state index in [4.69, 9.17) is 9.15 Å². The molecule has 0 aliphatic carbocycles. The molecule has 0 N–H and O–H groups in total. The number of likely N-dealkylation sites (tertiary alicyclic amines) is 1. The van der Waals surface area contributed by atoms with E-state index in [1.807, 2.05) is 37.3 Å². The Morgan fingerprint density at radius 3 is 2.73 bits per heavy atom. The number of fused-ring (bicyclic) bond motifs is 1. The lowest BCUT2D eigenvalue weighted by molar-refractivity contribution is 0.262. The van der Waals surface area contributed by atoms with Crippen molar-refractivity contribution in [1.29, 1.82) is 0 Å². The molecule has 0 bridgehead atoms. The second-order valence-electron chi connectivity index (χ2n) is 8.42. The molecular formula is C25H27N5O3. The van der Waals surface area contributed by atoms with Crippen molar-refractivity contribution >= 4 is 11.2 Å². The lowest BCUT2D eigenvalue weighted by atomic mass is 10.1. The molecule has 0 amide bonds. The summed E-state index contributed by atoms with van der Waals surface area (Å²) in [6.07, 6.45) is 7.05. The molecule has 1 aliphatic heterocycles. The molecular weight excluding hydrogens is 418 g/mol. The Morgan fingerprint density at radius 2 is 1.91 bits per heavy atom. The smallest absolute Gasteiger partial charge is 0.421 e. The molecule has 0 unspecified atom stereocenters. The number of pyridine rings is 1. The van der Waals surface area contributed by atoms with Crippen molar-refractivity contribution in [3.05, 3.63) is 70.6 Å². The molecule has 3 aromatic heterocycles. The predicted molar refractivity (Wildman–Crippen MR) is 125 cm³/mol. The van der Waals surface area contributed by atoms with Crippen molar-refractivity contribution < 1.29 is 9.15 Å². The zero-order valence-corrected chi connectivity index (χ0v) is 18.7. The SMILES string of the molecule is Cc1ccc2oc(=O)n(Cc3cccc(-c4ncc(OCCCN5CCCC5)cn4)c3)c2n1. The lowest BCUT2D eigenvalue weighted by Gasteiger charge is -2.14. The topological polar surface area (TPSA) is 86.3 Å². The summed E-state index contributed by atoms with van der Waals surface area (Å²) in [6, 6.07) is 11.4. The van der Waals surface area contributed by atoms with Crippen molar-refractivity contribution in [3.8, 4) is 17.1 Å². The first-order valence-electron chi connectivity index (χ1n) is 11.4. The van der Waals surface area contributed by atoms with Crippen molar-refractivity contribution in [3.63, 3.8) is 0 Å². The Labute approximate surface area is 191 Å². The van der Waals surface area contributed by atoms with E-state index < -0.39 is 5.76 Å². The van der Waals surface area contributed by atoms with Crippen molar-refractivity contribution in [2.24, 2.45) is 0 Å². The van der Waals surface area contributed by atoms with Gasteiger partial charge in [-0.15, -0.1) is 0 Å². The Kier molecular flexibility index (Phi) is 6.17. The van der Waals surface area contributed by atoms with E-state index in [0.717, 1.165) is 29.8 Å². The van der Waals surface area contributed by atoms with E-state index in [0.29, 0.717) is 36.0 Å². The third-order valence-corrected chi connectivity index (χ3v) is 5.89. The summed E-state index contributed by atoms with van der Waals surface area (Å²) in [5.41, 5.74) is 3.68. The second-order valence-corrected chi connectivity index (χ2v) is 8.42. The number of hydrogen-bond acceptors (Lipinski definition) is 7. The van der Waals surface area contributed by atoms with E-state index in [9.17, 15) is 4.79 Å². The van der Waals surface area contributed by atoms with Crippen LogP contribution in [0.4, 0.5) is 0 Å². The average molecular weight is 446 g/mol. The average Bonchev–Trinajstić information content (AvgIpc) is 3.45. The molecule has 1 saturated heterocycles. The Balaban J connectivity index is 1.25. The predicted octanol–water partition coefficient (Wildman–Crippen LogP) is 3.67. The minimum absolute atomic E-state index is 0.355. The van der Waals surface area contributed by atoms with Crippen LogP contribution in [0, 0.1) is 6.92 Å². The van der Waals surface area contributed by atoms with Gasteiger partial charge in [-0.05, 0) is 63.0 Å². The van der Waals surface area contributed by atoms with Crippen molar-refractivity contribution in [2.75, 3.05) is 26.2 Å². The number of oxazole rings is 1. The molecule has 0 spiro atoms. The lowest BCUT2D eigenvalue weighted by Crippen LogP contribution is -2.21. The maximum atomic E-state index is 12.3. The normalized spacial score (nSPS) is 14.2. The Bertz CT molecular complexity index is 1290. The molecule has 1 aromatic carbocycles. The third kappa shape index (κ3) is 4.96. The van der Waals surface area contributed by atoms with Gasteiger partial charge < -0.3 is 14.1 Å². The highest BCUT2D eigenvalue weighted by Gasteiger charge is 2.13. The number of rotatable bonds is 8.